The highest BCUT2D eigenvalue weighted by atomic mass is 32.2. The number of nitrogens with one attached hydrogen (secondary N) is 2. The molecule has 1 saturated carbocycles. The van der Waals surface area contributed by atoms with Crippen LogP contribution >= 0.6 is 0 Å². The van der Waals surface area contributed by atoms with Crippen LogP contribution in [-0.2, 0) is 10.0 Å². The smallest absolute Gasteiger partial charge is 0.243 e. The van der Waals surface area contributed by atoms with Crippen LogP contribution in [0.2, 0.25) is 0 Å². The molecular weight excluding hydrogens is 326 g/mol. The number of H-pyrrole nitrogens is 1. The predicted octanol–water partition coefficient (Wildman–Crippen LogP) is 2.22. The van der Waals surface area contributed by atoms with Crippen LogP contribution in [-0.4, -0.2) is 34.2 Å². The van der Waals surface area contributed by atoms with Gasteiger partial charge in [0.1, 0.15) is 10.5 Å². The zero-order valence-corrected chi connectivity index (χ0v) is 13.9. The van der Waals surface area contributed by atoms with Crippen molar-refractivity contribution in [3.63, 3.8) is 0 Å². The SMILES string of the molecule is O=S(=O)(N[C@H]1CCCC[C@H]1n1cccn1)c1c[nH]c2ncccc12. The first-order chi connectivity index (χ1) is 11.6. The van der Waals surface area contributed by atoms with Crippen molar-refractivity contribution in [2.24, 2.45) is 0 Å². The highest BCUT2D eigenvalue weighted by Crippen LogP contribution is 2.30. The minimum Gasteiger partial charge on any atom is -0.345 e. The first-order valence-corrected chi connectivity index (χ1v) is 9.57. The quantitative estimate of drug-likeness (QED) is 0.758. The topological polar surface area (TPSA) is 92.7 Å². The Morgan fingerprint density at radius 1 is 1.21 bits per heavy atom. The standard InChI is InChI=1S/C16H19N5O2S/c22-24(23,15-11-18-16-12(15)5-3-8-17-16)20-13-6-1-2-7-14(13)21-10-4-9-19-21/h3-5,8-11,13-14,20H,1-2,6-7H2,(H,17,18)/t13-,14+/m0/s1. The number of fused-ring (bicyclic) bond motifs is 1. The molecule has 0 radical (unpaired) electrons. The summed E-state index contributed by atoms with van der Waals surface area (Å²) in [5.74, 6) is 0. The maximum absolute atomic E-state index is 12.9. The predicted molar refractivity (Wildman–Crippen MR) is 89.9 cm³/mol. The van der Waals surface area contributed by atoms with Gasteiger partial charge in [0, 0.05) is 36.2 Å². The van der Waals surface area contributed by atoms with Crippen LogP contribution in [0.5, 0.6) is 0 Å². The molecule has 4 rings (SSSR count). The second kappa shape index (κ2) is 6.03. The van der Waals surface area contributed by atoms with E-state index in [-0.39, 0.29) is 17.0 Å². The van der Waals surface area contributed by atoms with Crippen molar-refractivity contribution in [1.82, 2.24) is 24.5 Å². The Balaban J connectivity index is 1.65. The molecule has 0 amide bonds. The number of hydrogen-bond donors (Lipinski definition) is 2. The molecule has 0 saturated heterocycles. The Labute approximate surface area is 140 Å². The number of rotatable bonds is 4. The molecule has 0 aromatic carbocycles. The summed E-state index contributed by atoms with van der Waals surface area (Å²) in [5.41, 5.74) is 0.574. The van der Waals surface area contributed by atoms with Crippen molar-refractivity contribution >= 4 is 21.1 Å². The number of hydrogen-bond acceptors (Lipinski definition) is 4. The van der Waals surface area contributed by atoms with Crippen molar-refractivity contribution < 1.29 is 8.42 Å². The van der Waals surface area contributed by atoms with E-state index in [1.54, 1.807) is 24.5 Å². The molecule has 3 aromatic heterocycles. The molecule has 0 bridgehead atoms. The lowest BCUT2D eigenvalue weighted by Crippen LogP contribution is -2.43. The highest BCUT2D eigenvalue weighted by Gasteiger charge is 2.32. The number of aromatic nitrogens is 4. The second-order valence-corrected chi connectivity index (χ2v) is 7.80. The molecule has 1 aliphatic carbocycles. The monoisotopic (exact) mass is 345 g/mol. The lowest BCUT2D eigenvalue weighted by Gasteiger charge is -2.32. The third kappa shape index (κ3) is 2.71. The fourth-order valence-corrected chi connectivity index (χ4v) is 4.93. The van der Waals surface area contributed by atoms with Gasteiger partial charge < -0.3 is 4.98 Å². The number of sulfonamides is 1. The summed E-state index contributed by atoms with van der Waals surface area (Å²) < 4.78 is 30.6. The van der Waals surface area contributed by atoms with Crippen LogP contribution in [0, 0.1) is 0 Å². The largest absolute Gasteiger partial charge is 0.345 e. The summed E-state index contributed by atoms with van der Waals surface area (Å²) in [7, 11) is -3.63. The number of nitrogens with zero attached hydrogens (tertiary/aromatic N) is 3. The van der Waals surface area contributed by atoms with Gasteiger partial charge in [0.25, 0.3) is 0 Å². The van der Waals surface area contributed by atoms with Gasteiger partial charge in [0.2, 0.25) is 10.0 Å². The second-order valence-electron chi connectivity index (χ2n) is 6.12. The van der Waals surface area contributed by atoms with E-state index in [1.165, 1.54) is 6.20 Å². The van der Waals surface area contributed by atoms with Gasteiger partial charge in [-0.3, -0.25) is 4.68 Å². The van der Waals surface area contributed by atoms with Crippen LogP contribution in [0.4, 0.5) is 0 Å². The van der Waals surface area contributed by atoms with Crippen molar-refractivity contribution in [2.75, 3.05) is 0 Å². The molecule has 1 fully saturated rings. The van der Waals surface area contributed by atoms with E-state index in [2.05, 4.69) is 19.8 Å². The molecule has 0 aliphatic heterocycles. The molecule has 8 heteroatoms. The molecule has 126 valence electrons. The van der Waals surface area contributed by atoms with Crippen molar-refractivity contribution in [3.8, 4) is 0 Å². The van der Waals surface area contributed by atoms with Gasteiger partial charge in [0.15, 0.2) is 0 Å². The van der Waals surface area contributed by atoms with Crippen LogP contribution < -0.4 is 4.72 Å². The van der Waals surface area contributed by atoms with Crippen LogP contribution in [0.25, 0.3) is 11.0 Å². The Kier molecular flexibility index (Phi) is 3.85. The van der Waals surface area contributed by atoms with Crippen LogP contribution in [0.15, 0.2) is 47.9 Å². The summed E-state index contributed by atoms with van der Waals surface area (Å²) in [6, 6.07) is 5.25. The molecule has 3 heterocycles. The van der Waals surface area contributed by atoms with E-state index in [1.807, 2.05) is 16.9 Å². The lowest BCUT2D eigenvalue weighted by molar-refractivity contribution is 0.270. The van der Waals surface area contributed by atoms with E-state index in [9.17, 15) is 8.42 Å². The van der Waals surface area contributed by atoms with E-state index < -0.39 is 10.0 Å². The first kappa shape index (κ1) is 15.3. The maximum Gasteiger partial charge on any atom is 0.243 e. The average molecular weight is 345 g/mol. The molecule has 3 aromatic rings. The van der Waals surface area contributed by atoms with Gasteiger partial charge in [-0.2, -0.15) is 5.10 Å². The maximum atomic E-state index is 12.9. The Morgan fingerprint density at radius 2 is 2.08 bits per heavy atom. The summed E-state index contributed by atoms with van der Waals surface area (Å²) >= 11 is 0. The van der Waals surface area contributed by atoms with Gasteiger partial charge >= 0.3 is 0 Å². The average Bonchev–Trinajstić information content (AvgIpc) is 3.25. The molecular formula is C16H19N5O2S. The third-order valence-electron chi connectivity index (χ3n) is 4.60. The van der Waals surface area contributed by atoms with Gasteiger partial charge in [-0.1, -0.05) is 12.8 Å². The summed E-state index contributed by atoms with van der Waals surface area (Å²) in [6.45, 7) is 0. The highest BCUT2D eigenvalue weighted by molar-refractivity contribution is 7.89. The number of pyridine rings is 1. The fraction of sp³-hybridized carbons (Fsp3) is 0.375. The fourth-order valence-electron chi connectivity index (χ4n) is 3.46. The normalized spacial score (nSPS) is 22.0. The molecule has 7 nitrogen and oxygen atoms in total. The minimum atomic E-state index is -3.63. The van der Waals surface area contributed by atoms with Gasteiger partial charge in [-0.05, 0) is 31.0 Å². The Hall–Kier alpha value is -2.19. The van der Waals surface area contributed by atoms with E-state index >= 15 is 0 Å². The van der Waals surface area contributed by atoms with Crippen molar-refractivity contribution in [2.45, 2.75) is 42.7 Å². The molecule has 2 N–H and O–H groups in total. The van der Waals surface area contributed by atoms with Gasteiger partial charge in [-0.15, -0.1) is 0 Å². The molecule has 0 spiro atoms. The van der Waals surface area contributed by atoms with Crippen molar-refractivity contribution in [3.05, 3.63) is 43.0 Å². The molecule has 2 atom stereocenters. The summed E-state index contributed by atoms with van der Waals surface area (Å²) in [6.07, 6.45) is 10.6. The van der Waals surface area contributed by atoms with E-state index in [4.69, 9.17) is 0 Å². The minimum absolute atomic E-state index is 0.0480. The Morgan fingerprint density at radius 3 is 2.92 bits per heavy atom. The Bertz CT molecular complexity index is 932. The van der Waals surface area contributed by atoms with E-state index in [0.717, 1.165) is 25.7 Å². The zero-order valence-electron chi connectivity index (χ0n) is 13.1. The first-order valence-electron chi connectivity index (χ1n) is 8.09. The molecule has 1 aliphatic rings. The van der Waals surface area contributed by atoms with Crippen LogP contribution in [0.3, 0.4) is 0 Å². The molecule has 24 heavy (non-hydrogen) atoms. The summed E-state index contributed by atoms with van der Waals surface area (Å²) in [5, 5.41) is 4.91. The number of aromatic amines is 1. The third-order valence-corrected chi connectivity index (χ3v) is 6.13. The molecule has 0 unspecified atom stereocenters. The lowest BCUT2D eigenvalue weighted by atomic mass is 9.91. The zero-order chi connectivity index (χ0) is 16.6. The van der Waals surface area contributed by atoms with Crippen LogP contribution in [0.1, 0.15) is 31.7 Å². The van der Waals surface area contributed by atoms with Gasteiger partial charge in [-0.25, -0.2) is 18.1 Å². The van der Waals surface area contributed by atoms with E-state index in [0.29, 0.717) is 11.0 Å². The summed E-state index contributed by atoms with van der Waals surface area (Å²) in [4.78, 5) is 7.32. The van der Waals surface area contributed by atoms with Crippen molar-refractivity contribution in [1.29, 1.82) is 0 Å². The van der Waals surface area contributed by atoms with Gasteiger partial charge in [0.05, 0.1) is 6.04 Å².